The molecule has 0 radical (unpaired) electrons. The Morgan fingerprint density at radius 2 is 2.18 bits per heavy atom. The lowest BCUT2D eigenvalue weighted by molar-refractivity contribution is -0.127. The average Bonchev–Trinajstić information content (AvgIpc) is 1.79. The van der Waals surface area contributed by atoms with Gasteiger partial charge in [-0.25, -0.2) is 0 Å². The molecule has 1 aliphatic rings. The van der Waals surface area contributed by atoms with Crippen molar-refractivity contribution in [1.29, 1.82) is 0 Å². The van der Waals surface area contributed by atoms with Crippen LogP contribution in [0.25, 0.3) is 0 Å². The molecule has 0 aromatic heterocycles. The summed E-state index contributed by atoms with van der Waals surface area (Å²) in [5, 5.41) is 2.77. The van der Waals surface area contributed by atoms with Crippen molar-refractivity contribution in [2.45, 2.75) is 19.3 Å². The number of hydrogen-bond acceptors (Lipinski definition) is 2. The lowest BCUT2D eigenvalue weighted by atomic mass is 9.85. The van der Waals surface area contributed by atoms with Crippen LogP contribution in [0.1, 0.15) is 19.3 Å². The molecule has 0 unspecified atom stereocenters. The predicted molar refractivity (Wildman–Crippen MR) is 46.7 cm³/mol. The van der Waals surface area contributed by atoms with Gasteiger partial charge in [-0.3, -0.25) is 4.79 Å². The van der Waals surface area contributed by atoms with Crippen LogP contribution in [0.15, 0.2) is 0 Å². The number of amides is 1. The smallest absolute Gasteiger partial charge is 0.223 e. The quantitative estimate of drug-likeness (QED) is 0.653. The summed E-state index contributed by atoms with van der Waals surface area (Å²) >= 11 is 0. The van der Waals surface area contributed by atoms with Crippen molar-refractivity contribution in [3.63, 3.8) is 0 Å². The van der Waals surface area contributed by atoms with Gasteiger partial charge in [0.05, 0.1) is 0 Å². The van der Waals surface area contributed by atoms with Gasteiger partial charge >= 0.3 is 0 Å². The van der Waals surface area contributed by atoms with Crippen LogP contribution in [0.2, 0.25) is 0 Å². The number of halogens is 1. The molecule has 66 valence electrons. The van der Waals surface area contributed by atoms with Gasteiger partial charge in [0, 0.05) is 19.0 Å². The second kappa shape index (κ2) is 5.38. The van der Waals surface area contributed by atoms with E-state index >= 15 is 0 Å². The summed E-state index contributed by atoms with van der Waals surface area (Å²) in [6, 6.07) is 0. The van der Waals surface area contributed by atoms with Gasteiger partial charge in [-0.15, -0.1) is 12.4 Å². The molecule has 0 heterocycles. The molecule has 3 nitrogen and oxygen atoms in total. The molecule has 0 aromatic carbocycles. The van der Waals surface area contributed by atoms with Crippen LogP contribution in [-0.4, -0.2) is 19.0 Å². The van der Waals surface area contributed by atoms with Crippen molar-refractivity contribution in [3.8, 4) is 0 Å². The van der Waals surface area contributed by atoms with E-state index in [4.69, 9.17) is 5.73 Å². The zero-order valence-corrected chi connectivity index (χ0v) is 7.32. The molecule has 1 amide bonds. The van der Waals surface area contributed by atoms with Crippen LogP contribution < -0.4 is 11.1 Å². The Morgan fingerprint density at radius 3 is 2.55 bits per heavy atom. The van der Waals surface area contributed by atoms with E-state index in [2.05, 4.69) is 5.32 Å². The Balaban J connectivity index is 0.000001000. The maximum absolute atomic E-state index is 11.0. The minimum absolute atomic E-state index is 0. The molecule has 0 aliphatic heterocycles. The molecule has 3 N–H and O–H groups in total. The first-order valence-corrected chi connectivity index (χ1v) is 3.82. The van der Waals surface area contributed by atoms with Crippen LogP contribution >= 0.6 is 12.4 Å². The van der Waals surface area contributed by atoms with Crippen LogP contribution in [0, 0.1) is 5.92 Å². The van der Waals surface area contributed by atoms with Crippen molar-refractivity contribution in [2.24, 2.45) is 11.7 Å². The normalized spacial score (nSPS) is 16.5. The maximum Gasteiger partial charge on any atom is 0.223 e. The Labute approximate surface area is 73.1 Å². The Hall–Kier alpha value is -0.280. The lowest BCUT2D eigenvalue weighted by Gasteiger charge is -2.23. The summed E-state index contributed by atoms with van der Waals surface area (Å²) < 4.78 is 0. The summed E-state index contributed by atoms with van der Waals surface area (Å²) in [5.41, 5.74) is 5.22. The highest BCUT2D eigenvalue weighted by Gasteiger charge is 2.24. The van der Waals surface area contributed by atoms with E-state index < -0.39 is 0 Å². The summed E-state index contributed by atoms with van der Waals surface area (Å²) in [5.74, 6) is 0.489. The topological polar surface area (TPSA) is 55.1 Å². The van der Waals surface area contributed by atoms with Crippen molar-refractivity contribution in [3.05, 3.63) is 0 Å². The van der Waals surface area contributed by atoms with Crippen molar-refractivity contribution >= 4 is 18.3 Å². The molecule has 1 aliphatic carbocycles. The molecule has 0 atom stereocenters. The Morgan fingerprint density at radius 1 is 1.55 bits per heavy atom. The number of carbonyl (C=O) groups is 1. The second-order valence-corrected chi connectivity index (χ2v) is 2.71. The predicted octanol–water partition coefficient (Wildman–Crippen LogP) is 0.283. The average molecular weight is 179 g/mol. The monoisotopic (exact) mass is 178 g/mol. The standard InChI is InChI=1S/C7H14N2O.ClH/c8-4-5-9-7(10)6-2-1-3-6;/h6H,1-5,8H2,(H,9,10);1H. The van der Waals surface area contributed by atoms with Gasteiger partial charge in [-0.05, 0) is 12.8 Å². The summed E-state index contributed by atoms with van der Waals surface area (Å²) in [6.45, 7) is 1.16. The molecular formula is C7H15ClN2O. The number of rotatable bonds is 3. The van der Waals surface area contributed by atoms with Gasteiger partial charge in [-0.1, -0.05) is 6.42 Å². The minimum Gasteiger partial charge on any atom is -0.355 e. The third kappa shape index (κ3) is 3.08. The third-order valence-corrected chi connectivity index (χ3v) is 1.92. The first-order valence-electron chi connectivity index (χ1n) is 3.82. The first kappa shape index (κ1) is 10.7. The highest BCUT2D eigenvalue weighted by Crippen LogP contribution is 2.25. The SMILES string of the molecule is Cl.NCCNC(=O)C1CCC1. The second-order valence-electron chi connectivity index (χ2n) is 2.71. The molecule has 1 fully saturated rings. The number of carbonyl (C=O) groups excluding carboxylic acids is 1. The molecule has 1 saturated carbocycles. The summed E-state index contributed by atoms with van der Waals surface area (Å²) in [4.78, 5) is 11.0. The zero-order valence-electron chi connectivity index (χ0n) is 6.51. The van der Waals surface area contributed by atoms with E-state index in [9.17, 15) is 4.79 Å². The fourth-order valence-corrected chi connectivity index (χ4v) is 1.01. The molecule has 1 rings (SSSR count). The van der Waals surface area contributed by atoms with Crippen molar-refractivity contribution in [2.75, 3.05) is 13.1 Å². The van der Waals surface area contributed by atoms with Crippen LogP contribution in [0.5, 0.6) is 0 Å². The maximum atomic E-state index is 11.0. The van der Waals surface area contributed by atoms with Crippen molar-refractivity contribution in [1.82, 2.24) is 5.32 Å². The van der Waals surface area contributed by atoms with Crippen LogP contribution in [-0.2, 0) is 4.79 Å². The van der Waals surface area contributed by atoms with Gasteiger partial charge in [0.25, 0.3) is 0 Å². The fraction of sp³-hybridized carbons (Fsp3) is 0.857. The molecule has 0 bridgehead atoms. The minimum atomic E-state index is 0. The van der Waals surface area contributed by atoms with Gasteiger partial charge in [0.2, 0.25) is 5.91 Å². The van der Waals surface area contributed by atoms with Crippen molar-refractivity contribution < 1.29 is 4.79 Å². The zero-order chi connectivity index (χ0) is 7.40. The highest BCUT2D eigenvalue weighted by atomic mass is 35.5. The first-order chi connectivity index (χ1) is 4.84. The summed E-state index contributed by atoms with van der Waals surface area (Å²) in [6.07, 6.45) is 3.34. The van der Waals surface area contributed by atoms with Crippen LogP contribution in [0.4, 0.5) is 0 Å². The van der Waals surface area contributed by atoms with Gasteiger partial charge < -0.3 is 11.1 Å². The molecule has 4 heteroatoms. The van der Waals surface area contributed by atoms with E-state index in [-0.39, 0.29) is 18.3 Å². The van der Waals surface area contributed by atoms with E-state index in [0.717, 1.165) is 12.8 Å². The molecule has 0 spiro atoms. The van der Waals surface area contributed by atoms with E-state index in [0.29, 0.717) is 19.0 Å². The van der Waals surface area contributed by atoms with Gasteiger partial charge in [0.15, 0.2) is 0 Å². The number of nitrogens with two attached hydrogens (primary N) is 1. The largest absolute Gasteiger partial charge is 0.355 e. The Kier molecular flexibility index (Phi) is 5.24. The molecule has 0 saturated heterocycles. The molecular weight excluding hydrogens is 164 g/mol. The number of nitrogens with one attached hydrogen (secondary N) is 1. The van der Waals surface area contributed by atoms with Gasteiger partial charge in [0.1, 0.15) is 0 Å². The number of hydrogen-bond donors (Lipinski definition) is 2. The van der Waals surface area contributed by atoms with Crippen LogP contribution in [0.3, 0.4) is 0 Å². The summed E-state index contributed by atoms with van der Waals surface area (Å²) in [7, 11) is 0. The lowest BCUT2D eigenvalue weighted by Crippen LogP contribution is -2.37. The molecule has 0 aromatic rings. The molecule has 11 heavy (non-hydrogen) atoms. The van der Waals surface area contributed by atoms with E-state index in [1.165, 1.54) is 6.42 Å². The Bertz CT molecular complexity index is 126. The highest BCUT2D eigenvalue weighted by molar-refractivity contribution is 5.85. The van der Waals surface area contributed by atoms with E-state index in [1.807, 2.05) is 0 Å². The van der Waals surface area contributed by atoms with E-state index in [1.54, 1.807) is 0 Å². The fourth-order valence-electron chi connectivity index (χ4n) is 1.01. The van der Waals surface area contributed by atoms with Gasteiger partial charge in [-0.2, -0.15) is 0 Å². The third-order valence-electron chi connectivity index (χ3n) is 1.92.